The van der Waals surface area contributed by atoms with Gasteiger partial charge in [-0.3, -0.25) is 15.1 Å². The van der Waals surface area contributed by atoms with Crippen molar-refractivity contribution in [3.8, 4) is 0 Å². The molecule has 2 amide bonds. The minimum Gasteiger partial charge on any atom is -0.443 e. The van der Waals surface area contributed by atoms with Gasteiger partial charge in [0.15, 0.2) is 9.84 Å². The lowest BCUT2D eigenvalue weighted by Gasteiger charge is -2.43. The molecule has 0 aromatic heterocycles. The average molecular weight is 548 g/mol. The summed E-state index contributed by atoms with van der Waals surface area (Å²) in [6.45, 7) is 11.9. The third-order valence-corrected chi connectivity index (χ3v) is 7.98. The first-order chi connectivity index (χ1) is 16.5. The van der Waals surface area contributed by atoms with Gasteiger partial charge in [-0.1, -0.05) is 0 Å². The molecular formula is C23H31F2N3O8S. The second kappa shape index (κ2) is 9.30. The second-order valence-electron chi connectivity index (χ2n) is 11.2. The molecule has 0 fully saturated rings. The molecule has 206 valence electrons. The van der Waals surface area contributed by atoms with E-state index in [0.717, 1.165) is 26.8 Å². The molecule has 37 heavy (non-hydrogen) atoms. The van der Waals surface area contributed by atoms with Crippen LogP contribution in [0.5, 0.6) is 0 Å². The van der Waals surface area contributed by atoms with Gasteiger partial charge in [0.1, 0.15) is 33.1 Å². The van der Waals surface area contributed by atoms with E-state index < -0.39 is 76.8 Å². The van der Waals surface area contributed by atoms with Gasteiger partial charge >= 0.3 is 12.2 Å². The van der Waals surface area contributed by atoms with Crippen LogP contribution >= 0.6 is 0 Å². The van der Waals surface area contributed by atoms with Crippen molar-refractivity contribution in [2.24, 2.45) is 4.99 Å². The van der Waals surface area contributed by atoms with E-state index in [1.165, 1.54) is 41.5 Å². The summed E-state index contributed by atoms with van der Waals surface area (Å²) >= 11 is 0. The molecule has 2 rings (SSSR count). The van der Waals surface area contributed by atoms with Crippen LogP contribution in [0.15, 0.2) is 23.2 Å². The summed E-state index contributed by atoms with van der Waals surface area (Å²) in [6, 6.07) is 2.14. The van der Waals surface area contributed by atoms with Crippen LogP contribution in [0.2, 0.25) is 0 Å². The van der Waals surface area contributed by atoms with E-state index in [-0.39, 0.29) is 4.90 Å². The highest BCUT2D eigenvalue weighted by Crippen LogP contribution is 2.46. The molecule has 1 aromatic carbocycles. The standard InChI is InChI=1S/C23H31F2N3O8S/c1-20(2,3)35-18(29)27(19(30)36-21(4,5)6)17-22(7,8)37(33,34)16(25)23(9,26-17)14-12-13(28(31)32)10-11-15(14)24/h10-12,16H,1-9H3. The summed E-state index contributed by atoms with van der Waals surface area (Å²) in [5, 5.41) is 11.3. The number of aliphatic imine (C=N–C) groups is 1. The Hall–Kier alpha value is -3.16. The summed E-state index contributed by atoms with van der Waals surface area (Å²) in [5.74, 6) is -1.99. The Labute approximate surface area is 213 Å². The van der Waals surface area contributed by atoms with E-state index in [9.17, 15) is 32.5 Å². The van der Waals surface area contributed by atoms with E-state index in [0.29, 0.717) is 12.1 Å². The molecule has 1 heterocycles. The SMILES string of the molecule is CC(C)(C)OC(=O)N(C(=O)OC(C)(C)C)C1=NC(C)(c2cc([N+](=O)[O-])ccc2F)C(F)S(=O)(=O)C1(C)C. The van der Waals surface area contributed by atoms with Crippen LogP contribution < -0.4 is 0 Å². The second-order valence-corrected chi connectivity index (χ2v) is 13.7. The minimum atomic E-state index is -4.99. The Kier molecular flexibility index (Phi) is 7.56. The highest BCUT2D eigenvalue weighted by Gasteiger charge is 2.61. The fourth-order valence-corrected chi connectivity index (χ4v) is 5.17. The van der Waals surface area contributed by atoms with Crippen LogP contribution in [0.25, 0.3) is 0 Å². The normalized spacial score (nSPS) is 23.0. The number of nitro groups is 1. The first-order valence-corrected chi connectivity index (χ1v) is 12.7. The fraction of sp³-hybridized carbons (Fsp3) is 0.609. The number of halogens is 2. The number of amidine groups is 1. The highest BCUT2D eigenvalue weighted by molar-refractivity contribution is 7.94. The molecule has 0 saturated heterocycles. The zero-order valence-corrected chi connectivity index (χ0v) is 22.9. The largest absolute Gasteiger partial charge is 0.443 e. The Morgan fingerprint density at radius 1 is 1.05 bits per heavy atom. The molecule has 0 N–H and O–H groups in total. The fourth-order valence-electron chi connectivity index (χ4n) is 3.47. The quantitative estimate of drug-likeness (QED) is 0.370. The maximum absolute atomic E-state index is 15.8. The van der Waals surface area contributed by atoms with Gasteiger partial charge in [0, 0.05) is 17.7 Å². The molecule has 0 saturated carbocycles. The number of nitrogens with zero attached hydrogens (tertiary/aromatic N) is 3. The number of benzene rings is 1. The molecule has 1 aliphatic heterocycles. The maximum Gasteiger partial charge on any atom is 0.425 e. The average Bonchev–Trinajstić information content (AvgIpc) is 2.68. The van der Waals surface area contributed by atoms with Crippen molar-refractivity contribution >= 4 is 33.5 Å². The third-order valence-electron chi connectivity index (χ3n) is 5.37. The molecule has 0 aliphatic carbocycles. The van der Waals surface area contributed by atoms with Gasteiger partial charge < -0.3 is 9.47 Å². The molecule has 0 bridgehead atoms. The van der Waals surface area contributed by atoms with E-state index in [2.05, 4.69) is 4.99 Å². The maximum atomic E-state index is 15.8. The van der Waals surface area contributed by atoms with Crippen molar-refractivity contribution < 1.29 is 41.2 Å². The molecule has 14 heteroatoms. The number of carbonyl (C=O) groups excluding carboxylic acids is 2. The van der Waals surface area contributed by atoms with E-state index in [4.69, 9.17) is 9.47 Å². The molecule has 1 aromatic rings. The number of rotatable bonds is 2. The number of alkyl halides is 1. The lowest BCUT2D eigenvalue weighted by Crippen LogP contribution is -2.63. The minimum absolute atomic E-state index is 0.230. The number of hydrogen-bond acceptors (Lipinski definition) is 9. The van der Waals surface area contributed by atoms with Gasteiger partial charge in [0.2, 0.25) is 5.50 Å². The van der Waals surface area contributed by atoms with E-state index >= 15 is 4.39 Å². The zero-order valence-electron chi connectivity index (χ0n) is 22.1. The van der Waals surface area contributed by atoms with Crippen molar-refractivity contribution in [1.82, 2.24) is 4.90 Å². The summed E-state index contributed by atoms with van der Waals surface area (Å²) in [7, 11) is -4.99. The summed E-state index contributed by atoms with van der Waals surface area (Å²) in [4.78, 5) is 41.1. The number of imide groups is 1. The molecule has 11 nitrogen and oxygen atoms in total. The summed E-state index contributed by atoms with van der Waals surface area (Å²) < 4.78 is 65.8. The topological polar surface area (TPSA) is 145 Å². The van der Waals surface area contributed by atoms with Gasteiger partial charge in [0.05, 0.1) is 4.92 Å². The van der Waals surface area contributed by atoms with Crippen LogP contribution in [0.1, 0.15) is 67.9 Å². The van der Waals surface area contributed by atoms with Crippen LogP contribution in [-0.2, 0) is 24.8 Å². The van der Waals surface area contributed by atoms with Crippen molar-refractivity contribution in [2.75, 3.05) is 0 Å². The number of ether oxygens (including phenoxy) is 2. The molecular weight excluding hydrogens is 516 g/mol. The Bertz CT molecular complexity index is 1240. The summed E-state index contributed by atoms with van der Waals surface area (Å²) in [5.41, 5.74) is -9.28. The molecule has 2 atom stereocenters. The number of amides is 2. The first-order valence-electron chi connectivity index (χ1n) is 11.1. The van der Waals surface area contributed by atoms with Gasteiger partial charge in [-0.25, -0.2) is 26.8 Å². The smallest absolute Gasteiger partial charge is 0.425 e. The number of nitro benzene ring substituents is 1. The van der Waals surface area contributed by atoms with Crippen molar-refractivity contribution in [2.45, 2.75) is 89.3 Å². The van der Waals surface area contributed by atoms with Gasteiger partial charge in [-0.05, 0) is 68.4 Å². The number of hydrogen-bond donors (Lipinski definition) is 0. The predicted octanol–water partition coefficient (Wildman–Crippen LogP) is 5.02. The van der Waals surface area contributed by atoms with Crippen molar-refractivity contribution in [1.29, 1.82) is 0 Å². The Morgan fingerprint density at radius 2 is 1.51 bits per heavy atom. The highest BCUT2D eigenvalue weighted by atomic mass is 32.2. The molecule has 0 spiro atoms. The number of sulfone groups is 1. The van der Waals surface area contributed by atoms with Gasteiger partial charge in [0.25, 0.3) is 5.69 Å². The molecule has 2 unspecified atom stereocenters. The van der Waals surface area contributed by atoms with E-state index in [1.807, 2.05) is 0 Å². The Morgan fingerprint density at radius 3 is 1.92 bits per heavy atom. The number of carbonyl (C=O) groups is 2. The monoisotopic (exact) mass is 547 g/mol. The molecule has 1 aliphatic rings. The van der Waals surface area contributed by atoms with Gasteiger partial charge in [-0.2, -0.15) is 4.90 Å². The first kappa shape index (κ1) is 30.1. The van der Waals surface area contributed by atoms with Crippen molar-refractivity contribution in [3.05, 3.63) is 39.7 Å². The molecule has 0 radical (unpaired) electrons. The van der Waals surface area contributed by atoms with Crippen molar-refractivity contribution in [3.63, 3.8) is 0 Å². The van der Waals surface area contributed by atoms with Gasteiger partial charge in [-0.15, -0.1) is 0 Å². The van der Waals surface area contributed by atoms with Crippen LogP contribution in [0, 0.1) is 15.9 Å². The number of non-ortho nitro benzene ring substituents is 1. The predicted molar refractivity (Wildman–Crippen MR) is 130 cm³/mol. The Balaban J connectivity index is 2.95. The van der Waals surface area contributed by atoms with Crippen LogP contribution in [0.3, 0.4) is 0 Å². The van der Waals surface area contributed by atoms with Crippen LogP contribution in [-0.4, -0.2) is 57.7 Å². The van der Waals surface area contributed by atoms with Crippen LogP contribution in [0.4, 0.5) is 24.1 Å². The lowest BCUT2D eigenvalue weighted by atomic mass is 9.91. The third kappa shape index (κ3) is 5.73. The summed E-state index contributed by atoms with van der Waals surface area (Å²) in [6.07, 6.45) is -2.74. The lowest BCUT2D eigenvalue weighted by molar-refractivity contribution is -0.385. The zero-order chi connectivity index (χ0) is 28.9. The van der Waals surface area contributed by atoms with E-state index in [1.54, 1.807) is 0 Å².